The van der Waals surface area contributed by atoms with E-state index in [4.69, 9.17) is 22.1 Å². The Hall–Kier alpha value is -2.53. The summed E-state index contributed by atoms with van der Waals surface area (Å²) in [6.07, 6.45) is 1.80. The van der Waals surface area contributed by atoms with E-state index >= 15 is 0 Å². The molecule has 12 heteroatoms. The van der Waals surface area contributed by atoms with E-state index in [9.17, 15) is 27.6 Å². The zero-order chi connectivity index (χ0) is 26.3. The summed E-state index contributed by atoms with van der Waals surface area (Å²) in [6.45, 7) is -1.63. The average molecular weight is 533 g/mol. The molecule has 1 heterocycles. The van der Waals surface area contributed by atoms with Crippen LogP contribution in [0.3, 0.4) is 0 Å². The van der Waals surface area contributed by atoms with Crippen molar-refractivity contribution in [2.45, 2.75) is 69.8 Å². The zero-order valence-corrected chi connectivity index (χ0v) is 20.7. The molecule has 0 bridgehead atoms. The summed E-state index contributed by atoms with van der Waals surface area (Å²) in [6, 6.07) is 3.25. The van der Waals surface area contributed by atoms with Gasteiger partial charge in [-0.05, 0) is 49.8 Å². The number of amides is 3. The van der Waals surface area contributed by atoms with Gasteiger partial charge in [-0.2, -0.15) is 13.2 Å². The molecule has 3 amide bonds. The van der Waals surface area contributed by atoms with Crippen LogP contribution in [0.25, 0.3) is 0 Å². The third-order valence-corrected chi connectivity index (χ3v) is 6.84. The summed E-state index contributed by atoms with van der Waals surface area (Å²) in [5.74, 6) is -1.15. The molecule has 200 valence electrons. The average Bonchev–Trinajstić information content (AvgIpc) is 3.34. The van der Waals surface area contributed by atoms with Crippen LogP contribution in [-0.4, -0.2) is 60.6 Å². The molecular weight excluding hydrogens is 501 g/mol. The molecule has 1 saturated heterocycles. The fraction of sp³-hybridized carbons (Fsp3) is 0.625. The molecule has 1 aromatic rings. The van der Waals surface area contributed by atoms with E-state index in [0.29, 0.717) is 30.0 Å². The second kappa shape index (κ2) is 12.6. The van der Waals surface area contributed by atoms with Crippen LogP contribution in [0.4, 0.5) is 13.2 Å². The van der Waals surface area contributed by atoms with Crippen molar-refractivity contribution < 1.29 is 32.3 Å². The molecule has 2 atom stereocenters. The highest BCUT2D eigenvalue weighted by atomic mass is 35.5. The number of alkyl halides is 3. The smallest absolute Gasteiger partial charge is 0.405 e. The lowest BCUT2D eigenvalue weighted by molar-refractivity contribution is -0.140. The van der Waals surface area contributed by atoms with Gasteiger partial charge in [0.2, 0.25) is 11.8 Å². The lowest BCUT2D eigenvalue weighted by atomic mass is 9.83. The van der Waals surface area contributed by atoms with Crippen LogP contribution in [-0.2, 0) is 20.9 Å². The van der Waals surface area contributed by atoms with E-state index in [1.807, 2.05) is 0 Å². The number of likely N-dealkylation sites (tertiary alicyclic amines) is 1. The van der Waals surface area contributed by atoms with Crippen LogP contribution in [0.2, 0.25) is 5.02 Å². The Kier molecular flexibility index (Phi) is 9.84. The first-order valence-corrected chi connectivity index (χ1v) is 12.5. The fourth-order valence-corrected chi connectivity index (χ4v) is 4.90. The summed E-state index contributed by atoms with van der Waals surface area (Å²) in [4.78, 5) is 39.3. The monoisotopic (exact) mass is 532 g/mol. The normalized spacial score (nSPS) is 19.6. The number of nitrogens with one attached hydrogen (secondary N) is 2. The molecule has 1 aromatic carbocycles. The van der Waals surface area contributed by atoms with Crippen LogP contribution in [0.15, 0.2) is 18.2 Å². The summed E-state index contributed by atoms with van der Waals surface area (Å²) in [5.41, 5.74) is 6.73. The van der Waals surface area contributed by atoms with Crippen molar-refractivity contribution in [1.82, 2.24) is 15.5 Å². The predicted octanol–water partition coefficient (Wildman–Crippen LogP) is 2.91. The van der Waals surface area contributed by atoms with Crippen LogP contribution >= 0.6 is 11.6 Å². The van der Waals surface area contributed by atoms with Crippen molar-refractivity contribution in [1.29, 1.82) is 0 Å². The molecule has 0 unspecified atom stereocenters. The predicted molar refractivity (Wildman–Crippen MR) is 127 cm³/mol. The second-order valence-electron chi connectivity index (χ2n) is 9.26. The maximum absolute atomic E-state index is 13.1. The molecule has 2 fully saturated rings. The van der Waals surface area contributed by atoms with Gasteiger partial charge in [-0.15, -0.1) is 0 Å². The van der Waals surface area contributed by atoms with Gasteiger partial charge in [-0.1, -0.05) is 30.9 Å². The summed E-state index contributed by atoms with van der Waals surface area (Å²) in [5, 5.41) is 4.86. The van der Waals surface area contributed by atoms with Gasteiger partial charge in [-0.3, -0.25) is 14.4 Å². The topological polar surface area (TPSA) is 114 Å². The number of ether oxygens (including phenoxy) is 1. The van der Waals surface area contributed by atoms with Crippen molar-refractivity contribution in [3.05, 3.63) is 28.8 Å². The number of carbonyl (C=O) groups is 3. The van der Waals surface area contributed by atoms with Crippen molar-refractivity contribution >= 4 is 29.3 Å². The number of nitrogens with two attached hydrogens (primary N) is 1. The van der Waals surface area contributed by atoms with Gasteiger partial charge in [0, 0.05) is 23.7 Å². The van der Waals surface area contributed by atoms with Crippen LogP contribution < -0.4 is 21.1 Å². The molecule has 0 aromatic heterocycles. The summed E-state index contributed by atoms with van der Waals surface area (Å²) >= 11 is 6.06. The molecule has 36 heavy (non-hydrogen) atoms. The van der Waals surface area contributed by atoms with Crippen LogP contribution in [0.1, 0.15) is 50.5 Å². The SMILES string of the molecule is N[C@@H](C(=O)N1CCC[C@H]1C(=O)NCc1cc(Cl)ccc1OCC(=O)NCC(F)(F)F)C1CCCCC1. The Morgan fingerprint density at radius 1 is 1.11 bits per heavy atom. The number of hydrogen-bond acceptors (Lipinski definition) is 5. The zero-order valence-electron chi connectivity index (χ0n) is 19.9. The quantitative estimate of drug-likeness (QED) is 0.452. The summed E-state index contributed by atoms with van der Waals surface area (Å²) < 4.78 is 42.2. The number of nitrogens with zero attached hydrogens (tertiary/aromatic N) is 1. The maximum atomic E-state index is 13.1. The Balaban J connectivity index is 1.57. The first-order chi connectivity index (χ1) is 17.0. The van der Waals surface area contributed by atoms with Gasteiger partial charge in [0.15, 0.2) is 6.61 Å². The van der Waals surface area contributed by atoms with E-state index in [1.165, 1.54) is 18.2 Å². The first-order valence-electron chi connectivity index (χ1n) is 12.1. The van der Waals surface area contributed by atoms with Gasteiger partial charge < -0.3 is 26.0 Å². The molecule has 0 radical (unpaired) electrons. The van der Waals surface area contributed by atoms with E-state index in [1.54, 1.807) is 10.2 Å². The van der Waals surface area contributed by atoms with Crippen molar-refractivity contribution in [3.8, 4) is 5.75 Å². The number of carbonyl (C=O) groups excluding carboxylic acids is 3. The molecule has 1 aliphatic heterocycles. The highest BCUT2D eigenvalue weighted by Gasteiger charge is 2.38. The highest BCUT2D eigenvalue weighted by molar-refractivity contribution is 6.30. The van der Waals surface area contributed by atoms with Gasteiger partial charge in [0.05, 0.1) is 6.04 Å². The molecule has 1 aliphatic carbocycles. The minimum atomic E-state index is -4.53. The minimum absolute atomic E-state index is 0.00783. The molecule has 1 saturated carbocycles. The standard InChI is InChI=1S/C24H32ClF3N4O4/c25-17-8-9-19(36-13-20(33)31-14-24(26,27)28)16(11-17)12-30-22(34)18-7-4-10-32(18)23(35)21(29)15-5-2-1-3-6-15/h8-9,11,15,18,21H,1-7,10,12-14,29H2,(H,30,34)(H,31,33)/t18-,21+/m0/s1. The van der Waals surface area contributed by atoms with Gasteiger partial charge in [0.25, 0.3) is 5.91 Å². The lowest BCUT2D eigenvalue weighted by Crippen LogP contribution is -2.53. The Morgan fingerprint density at radius 3 is 2.53 bits per heavy atom. The highest BCUT2D eigenvalue weighted by Crippen LogP contribution is 2.28. The number of rotatable bonds is 9. The Morgan fingerprint density at radius 2 is 1.83 bits per heavy atom. The first kappa shape index (κ1) is 28.0. The second-order valence-corrected chi connectivity index (χ2v) is 9.70. The molecular formula is C24H32ClF3N4O4. The van der Waals surface area contributed by atoms with E-state index in [0.717, 1.165) is 32.1 Å². The van der Waals surface area contributed by atoms with Gasteiger partial charge in [-0.25, -0.2) is 0 Å². The minimum Gasteiger partial charge on any atom is -0.483 e. The number of halogens is 4. The number of benzene rings is 1. The molecule has 4 N–H and O–H groups in total. The van der Waals surface area contributed by atoms with Crippen LogP contribution in [0, 0.1) is 5.92 Å². The Labute approximate surface area is 213 Å². The van der Waals surface area contributed by atoms with Crippen molar-refractivity contribution in [2.24, 2.45) is 11.7 Å². The largest absolute Gasteiger partial charge is 0.483 e. The van der Waals surface area contributed by atoms with Crippen molar-refractivity contribution in [3.63, 3.8) is 0 Å². The van der Waals surface area contributed by atoms with E-state index in [-0.39, 0.29) is 30.0 Å². The summed E-state index contributed by atoms with van der Waals surface area (Å²) in [7, 11) is 0. The molecule has 2 aliphatic rings. The maximum Gasteiger partial charge on any atom is 0.405 e. The van der Waals surface area contributed by atoms with Crippen LogP contribution in [0.5, 0.6) is 5.75 Å². The fourth-order valence-electron chi connectivity index (χ4n) is 4.71. The lowest BCUT2D eigenvalue weighted by Gasteiger charge is -2.32. The molecule has 0 spiro atoms. The van der Waals surface area contributed by atoms with E-state index < -0.39 is 37.3 Å². The van der Waals surface area contributed by atoms with E-state index in [2.05, 4.69) is 5.32 Å². The van der Waals surface area contributed by atoms with Gasteiger partial charge >= 0.3 is 6.18 Å². The third-order valence-electron chi connectivity index (χ3n) is 6.60. The third kappa shape index (κ3) is 7.99. The Bertz CT molecular complexity index is 940. The molecule has 8 nitrogen and oxygen atoms in total. The molecule has 3 rings (SSSR count). The van der Waals surface area contributed by atoms with Crippen molar-refractivity contribution in [2.75, 3.05) is 19.7 Å². The number of hydrogen-bond donors (Lipinski definition) is 3. The van der Waals surface area contributed by atoms with Gasteiger partial charge in [0.1, 0.15) is 18.3 Å².